The first kappa shape index (κ1) is 22.5. The van der Waals surface area contributed by atoms with Gasteiger partial charge in [0.2, 0.25) is 0 Å². The monoisotopic (exact) mass is 423 g/mol. The fourth-order valence-electron chi connectivity index (χ4n) is 3.85. The van der Waals surface area contributed by atoms with Crippen molar-refractivity contribution in [3.8, 4) is 5.75 Å². The number of hydrogen-bond acceptors (Lipinski definition) is 6. The van der Waals surface area contributed by atoms with Crippen LogP contribution in [0.4, 0.5) is 0 Å². The third kappa shape index (κ3) is 4.77. The number of aliphatic hydroxyl groups is 1. The van der Waals surface area contributed by atoms with Crippen molar-refractivity contribution in [2.24, 2.45) is 0 Å². The summed E-state index contributed by atoms with van der Waals surface area (Å²) < 4.78 is 5.52. The van der Waals surface area contributed by atoms with Gasteiger partial charge in [-0.15, -0.1) is 0 Å². The summed E-state index contributed by atoms with van der Waals surface area (Å²) in [7, 11) is 0. The summed E-state index contributed by atoms with van der Waals surface area (Å²) in [6.07, 6.45) is 3.24. The van der Waals surface area contributed by atoms with Gasteiger partial charge in [0, 0.05) is 31.0 Å². The maximum Gasteiger partial charge on any atom is 0.295 e. The van der Waals surface area contributed by atoms with Crippen molar-refractivity contribution in [3.63, 3.8) is 0 Å². The zero-order chi connectivity index (χ0) is 22.4. The number of pyridine rings is 1. The molecule has 1 amide bonds. The molecule has 1 atom stereocenters. The molecular formula is C24H29N3O4. The van der Waals surface area contributed by atoms with E-state index in [1.54, 1.807) is 53.7 Å². The number of benzene rings is 1. The molecule has 0 radical (unpaired) electrons. The molecule has 3 rings (SSSR count). The summed E-state index contributed by atoms with van der Waals surface area (Å²) in [6.45, 7) is 9.20. The SMILES string of the molecule is CCOc1cccc(/C(O)=C2\C(=O)C(=O)N(CCN(CC)CC)C2c2ccncc2)c1. The largest absolute Gasteiger partial charge is 0.507 e. The summed E-state index contributed by atoms with van der Waals surface area (Å²) in [4.78, 5) is 33.8. The predicted molar refractivity (Wildman–Crippen MR) is 119 cm³/mol. The Labute approximate surface area is 183 Å². The lowest BCUT2D eigenvalue weighted by atomic mass is 9.96. The highest BCUT2D eigenvalue weighted by molar-refractivity contribution is 6.46. The molecule has 164 valence electrons. The van der Waals surface area contributed by atoms with E-state index in [0.717, 1.165) is 18.7 Å². The van der Waals surface area contributed by atoms with Crippen LogP contribution in [0.15, 0.2) is 54.4 Å². The Bertz CT molecular complexity index is 954. The quantitative estimate of drug-likeness (QED) is 0.379. The third-order valence-corrected chi connectivity index (χ3v) is 5.53. The molecule has 1 aromatic carbocycles. The molecule has 0 bridgehead atoms. The number of ketones is 1. The highest BCUT2D eigenvalue weighted by atomic mass is 16.5. The molecule has 1 unspecified atom stereocenters. The first-order chi connectivity index (χ1) is 15.0. The highest BCUT2D eigenvalue weighted by Gasteiger charge is 2.45. The number of Topliss-reactive ketones (excluding diaryl/α,β-unsaturated/α-hetero) is 1. The number of rotatable bonds is 9. The van der Waals surface area contributed by atoms with Gasteiger partial charge >= 0.3 is 0 Å². The van der Waals surface area contributed by atoms with Gasteiger partial charge in [-0.2, -0.15) is 0 Å². The van der Waals surface area contributed by atoms with Gasteiger partial charge in [0.25, 0.3) is 11.7 Å². The van der Waals surface area contributed by atoms with Gasteiger partial charge < -0.3 is 19.6 Å². The molecular weight excluding hydrogens is 394 g/mol. The molecule has 1 aliphatic rings. The number of likely N-dealkylation sites (N-methyl/N-ethyl adjacent to an activating group) is 1. The molecule has 0 saturated carbocycles. The highest BCUT2D eigenvalue weighted by Crippen LogP contribution is 2.39. The molecule has 1 fully saturated rings. The first-order valence-corrected chi connectivity index (χ1v) is 10.7. The average Bonchev–Trinajstić information content (AvgIpc) is 3.05. The molecule has 1 saturated heterocycles. The van der Waals surface area contributed by atoms with Gasteiger partial charge in [-0.05, 0) is 49.8 Å². The molecule has 1 aromatic heterocycles. The van der Waals surface area contributed by atoms with E-state index in [1.807, 2.05) is 6.92 Å². The Hall–Kier alpha value is -3.19. The number of aliphatic hydroxyl groups excluding tert-OH is 1. The first-order valence-electron chi connectivity index (χ1n) is 10.7. The third-order valence-electron chi connectivity index (χ3n) is 5.53. The van der Waals surface area contributed by atoms with Crippen LogP contribution in [-0.4, -0.2) is 64.4 Å². The molecule has 31 heavy (non-hydrogen) atoms. The average molecular weight is 424 g/mol. The van der Waals surface area contributed by atoms with Gasteiger partial charge in [0.1, 0.15) is 11.5 Å². The van der Waals surface area contributed by atoms with Crippen molar-refractivity contribution in [2.75, 3.05) is 32.8 Å². The summed E-state index contributed by atoms with van der Waals surface area (Å²) in [6, 6.07) is 9.77. The number of ether oxygens (including phenoxy) is 1. The van der Waals surface area contributed by atoms with E-state index in [1.165, 1.54) is 0 Å². The summed E-state index contributed by atoms with van der Waals surface area (Å²) in [5, 5.41) is 11.1. The molecule has 2 heterocycles. The van der Waals surface area contributed by atoms with Gasteiger partial charge in [0.15, 0.2) is 0 Å². The molecule has 7 nitrogen and oxygen atoms in total. The molecule has 2 aromatic rings. The van der Waals surface area contributed by atoms with E-state index in [9.17, 15) is 14.7 Å². The lowest BCUT2D eigenvalue weighted by Crippen LogP contribution is -2.38. The summed E-state index contributed by atoms with van der Waals surface area (Å²) in [5.41, 5.74) is 1.26. The van der Waals surface area contributed by atoms with Crippen molar-refractivity contribution in [1.29, 1.82) is 0 Å². The van der Waals surface area contributed by atoms with E-state index in [2.05, 4.69) is 23.7 Å². The number of carbonyl (C=O) groups excluding carboxylic acids is 2. The Morgan fingerprint density at radius 1 is 1.13 bits per heavy atom. The number of hydrogen-bond donors (Lipinski definition) is 1. The second-order valence-electron chi connectivity index (χ2n) is 7.26. The fraction of sp³-hybridized carbons (Fsp3) is 0.375. The van der Waals surface area contributed by atoms with Crippen LogP contribution in [-0.2, 0) is 9.59 Å². The zero-order valence-electron chi connectivity index (χ0n) is 18.2. The van der Waals surface area contributed by atoms with Crippen LogP contribution < -0.4 is 4.74 Å². The van der Waals surface area contributed by atoms with Crippen LogP contribution in [0.5, 0.6) is 5.75 Å². The van der Waals surface area contributed by atoms with Crippen LogP contribution in [0.2, 0.25) is 0 Å². The lowest BCUT2D eigenvalue weighted by Gasteiger charge is -2.28. The molecule has 1 N–H and O–H groups in total. The lowest BCUT2D eigenvalue weighted by molar-refractivity contribution is -0.140. The maximum atomic E-state index is 13.0. The fourth-order valence-corrected chi connectivity index (χ4v) is 3.85. The van der Waals surface area contributed by atoms with Gasteiger partial charge in [0.05, 0.1) is 18.2 Å². The number of amides is 1. The van der Waals surface area contributed by atoms with Crippen molar-refractivity contribution in [1.82, 2.24) is 14.8 Å². The van der Waals surface area contributed by atoms with Crippen LogP contribution in [0.25, 0.3) is 5.76 Å². The normalized spacial score (nSPS) is 18.1. The summed E-state index contributed by atoms with van der Waals surface area (Å²) >= 11 is 0. The van der Waals surface area contributed by atoms with Gasteiger partial charge in [-0.25, -0.2) is 0 Å². The molecule has 0 spiro atoms. The smallest absolute Gasteiger partial charge is 0.295 e. The number of nitrogens with zero attached hydrogens (tertiary/aromatic N) is 3. The summed E-state index contributed by atoms with van der Waals surface area (Å²) in [5.74, 6) is -0.896. The van der Waals surface area contributed by atoms with E-state index in [-0.39, 0.29) is 11.3 Å². The topological polar surface area (TPSA) is 83.0 Å². The van der Waals surface area contributed by atoms with E-state index in [0.29, 0.717) is 31.0 Å². The Morgan fingerprint density at radius 3 is 2.48 bits per heavy atom. The minimum atomic E-state index is -0.680. The second-order valence-corrected chi connectivity index (χ2v) is 7.26. The molecule has 1 aliphatic heterocycles. The van der Waals surface area contributed by atoms with Crippen molar-refractivity contribution < 1.29 is 19.4 Å². The van der Waals surface area contributed by atoms with Crippen molar-refractivity contribution >= 4 is 17.4 Å². The van der Waals surface area contributed by atoms with Crippen molar-refractivity contribution in [3.05, 3.63) is 65.5 Å². The number of likely N-dealkylation sites (tertiary alicyclic amines) is 1. The zero-order valence-corrected chi connectivity index (χ0v) is 18.2. The minimum absolute atomic E-state index is 0.0874. The number of aromatic nitrogens is 1. The Kier molecular flexibility index (Phi) is 7.41. The predicted octanol–water partition coefficient (Wildman–Crippen LogP) is 3.24. The van der Waals surface area contributed by atoms with E-state index >= 15 is 0 Å². The van der Waals surface area contributed by atoms with Crippen LogP contribution in [0, 0.1) is 0 Å². The van der Waals surface area contributed by atoms with Crippen LogP contribution >= 0.6 is 0 Å². The molecule has 0 aliphatic carbocycles. The second kappa shape index (κ2) is 10.2. The minimum Gasteiger partial charge on any atom is -0.507 e. The van der Waals surface area contributed by atoms with Crippen molar-refractivity contribution in [2.45, 2.75) is 26.8 Å². The van der Waals surface area contributed by atoms with Gasteiger partial charge in [-0.1, -0.05) is 26.0 Å². The Balaban J connectivity index is 2.06. The van der Waals surface area contributed by atoms with E-state index in [4.69, 9.17) is 4.74 Å². The molecule has 7 heteroatoms. The van der Waals surface area contributed by atoms with Crippen LogP contribution in [0.1, 0.15) is 37.9 Å². The number of carbonyl (C=O) groups is 2. The maximum absolute atomic E-state index is 13.0. The van der Waals surface area contributed by atoms with E-state index < -0.39 is 17.7 Å². The van der Waals surface area contributed by atoms with Crippen LogP contribution in [0.3, 0.4) is 0 Å². The van der Waals surface area contributed by atoms with Gasteiger partial charge in [-0.3, -0.25) is 14.6 Å². The standard InChI is InChI=1S/C24H29N3O4/c1-4-26(5-2)14-15-27-21(17-10-12-25-13-11-17)20(23(29)24(27)30)22(28)18-8-7-9-19(16-18)31-6-3/h7-13,16,21,28H,4-6,14-15H2,1-3H3/b22-20+. The Morgan fingerprint density at radius 2 is 1.84 bits per heavy atom.